The van der Waals surface area contributed by atoms with Crippen molar-refractivity contribution in [1.29, 1.82) is 0 Å². The molecule has 1 aliphatic carbocycles. The summed E-state index contributed by atoms with van der Waals surface area (Å²) in [4.78, 5) is 17.4. The van der Waals surface area contributed by atoms with Crippen molar-refractivity contribution in [2.24, 2.45) is 5.73 Å². The van der Waals surface area contributed by atoms with Gasteiger partial charge in [-0.1, -0.05) is 40.6 Å². The van der Waals surface area contributed by atoms with Crippen LogP contribution >= 0.6 is 34.5 Å². The number of thiazole rings is 1. The van der Waals surface area contributed by atoms with Crippen LogP contribution in [0.5, 0.6) is 0 Å². The van der Waals surface area contributed by atoms with Crippen LogP contribution in [-0.2, 0) is 0 Å². The lowest BCUT2D eigenvalue weighted by molar-refractivity contribution is 0.104. The number of benzene rings is 1. The number of nitrogens with two attached hydrogens (primary N) is 2. The summed E-state index contributed by atoms with van der Waals surface area (Å²) in [5.74, 6) is -0.115. The Bertz CT molecular complexity index is 736. The van der Waals surface area contributed by atoms with Gasteiger partial charge < -0.3 is 16.8 Å². The van der Waals surface area contributed by atoms with E-state index >= 15 is 0 Å². The van der Waals surface area contributed by atoms with E-state index < -0.39 is 0 Å². The van der Waals surface area contributed by atoms with E-state index in [2.05, 4.69) is 10.3 Å². The average molecular weight is 385 g/mol. The predicted octanol–water partition coefficient (Wildman–Crippen LogP) is 3.94. The fourth-order valence-electron chi connectivity index (χ4n) is 2.82. The van der Waals surface area contributed by atoms with Crippen molar-refractivity contribution >= 4 is 51.3 Å². The van der Waals surface area contributed by atoms with Crippen molar-refractivity contribution in [3.05, 3.63) is 38.7 Å². The smallest absolute Gasteiger partial charge is 0.209 e. The Morgan fingerprint density at radius 2 is 1.83 bits per heavy atom. The molecule has 1 saturated carbocycles. The molecule has 0 atom stereocenters. The standard InChI is InChI=1S/C16H18Cl2N4OS/c17-10-2-1-3-11(18)12(10)13(23)14-15(20)22-16(24-14)21-9-6-4-8(19)5-7-9/h1-3,8-9H,4-7,19-20H2,(H,21,22). The first-order valence-corrected chi connectivity index (χ1v) is 9.30. The van der Waals surface area contributed by atoms with Crippen molar-refractivity contribution in [3.8, 4) is 0 Å². The van der Waals surface area contributed by atoms with Crippen LogP contribution in [0.25, 0.3) is 0 Å². The van der Waals surface area contributed by atoms with E-state index in [0.717, 1.165) is 25.7 Å². The second kappa shape index (κ2) is 7.27. The van der Waals surface area contributed by atoms with Crippen LogP contribution in [0, 0.1) is 0 Å². The summed E-state index contributed by atoms with van der Waals surface area (Å²) in [6.45, 7) is 0. The zero-order valence-electron chi connectivity index (χ0n) is 12.9. The third-order valence-electron chi connectivity index (χ3n) is 4.15. The average Bonchev–Trinajstić information content (AvgIpc) is 2.90. The van der Waals surface area contributed by atoms with Crippen LogP contribution in [0.4, 0.5) is 10.9 Å². The first-order chi connectivity index (χ1) is 11.5. The maximum atomic E-state index is 12.7. The Morgan fingerprint density at radius 3 is 2.46 bits per heavy atom. The largest absolute Gasteiger partial charge is 0.382 e. The maximum absolute atomic E-state index is 12.7. The molecule has 0 bridgehead atoms. The number of rotatable bonds is 4. The Morgan fingerprint density at radius 1 is 1.21 bits per heavy atom. The molecule has 3 rings (SSSR count). The Labute approximate surface area is 154 Å². The third-order valence-corrected chi connectivity index (χ3v) is 5.78. The Kier molecular flexibility index (Phi) is 5.30. The number of halogens is 2. The van der Waals surface area contributed by atoms with Crippen LogP contribution in [0.3, 0.4) is 0 Å². The van der Waals surface area contributed by atoms with Gasteiger partial charge in [-0.25, -0.2) is 4.98 Å². The van der Waals surface area contributed by atoms with Gasteiger partial charge in [0.25, 0.3) is 0 Å². The Balaban J connectivity index is 1.80. The van der Waals surface area contributed by atoms with Gasteiger partial charge in [0.2, 0.25) is 5.78 Å². The van der Waals surface area contributed by atoms with Gasteiger partial charge in [0.15, 0.2) is 5.13 Å². The minimum Gasteiger partial charge on any atom is -0.382 e. The maximum Gasteiger partial charge on any atom is 0.209 e. The molecule has 1 aromatic heterocycles. The molecule has 2 aromatic rings. The lowest BCUT2D eigenvalue weighted by Crippen LogP contribution is -2.32. The highest BCUT2D eigenvalue weighted by molar-refractivity contribution is 7.18. The summed E-state index contributed by atoms with van der Waals surface area (Å²) >= 11 is 13.5. The molecule has 1 heterocycles. The number of hydrogen-bond acceptors (Lipinski definition) is 6. The van der Waals surface area contributed by atoms with Gasteiger partial charge in [-0.3, -0.25) is 4.79 Å². The molecule has 5 nitrogen and oxygen atoms in total. The highest BCUT2D eigenvalue weighted by Gasteiger charge is 2.24. The summed E-state index contributed by atoms with van der Waals surface area (Å²) in [6.07, 6.45) is 3.94. The fourth-order valence-corrected chi connectivity index (χ4v) is 4.30. The summed E-state index contributed by atoms with van der Waals surface area (Å²) in [7, 11) is 0. The molecule has 128 valence electrons. The van der Waals surface area contributed by atoms with E-state index in [-0.39, 0.29) is 23.2 Å². The molecule has 1 fully saturated rings. The zero-order chi connectivity index (χ0) is 17.3. The van der Waals surface area contributed by atoms with Gasteiger partial charge >= 0.3 is 0 Å². The number of carbonyl (C=O) groups is 1. The molecule has 0 spiro atoms. The molecule has 0 aliphatic heterocycles. The summed E-state index contributed by atoms with van der Waals surface area (Å²) in [5, 5.41) is 4.59. The number of nitrogen functional groups attached to an aromatic ring is 1. The summed E-state index contributed by atoms with van der Waals surface area (Å²) in [6, 6.07) is 5.54. The lowest BCUT2D eigenvalue weighted by atomic mass is 9.92. The van der Waals surface area contributed by atoms with Gasteiger partial charge in [-0.15, -0.1) is 0 Å². The monoisotopic (exact) mass is 384 g/mol. The topological polar surface area (TPSA) is 94.0 Å². The summed E-state index contributed by atoms with van der Waals surface area (Å²) < 4.78 is 0. The number of nitrogens with zero attached hydrogens (tertiary/aromatic N) is 1. The third kappa shape index (κ3) is 3.67. The summed E-state index contributed by atoms with van der Waals surface area (Å²) in [5.41, 5.74) is 12.1. The van der Waals surface area contributed by atoms with E-state index in [4.69, 9.17) is 34.7 Å². The molecule has 24 heavy (non-hydrogen) atoms. The molecule has 0 unspecified atom stereocenters. The van der Waals surface area contributed by atoms with Gasteiger partial charge in [0, 0.05) is 12.1 Å². The van der Waals surface area contributed by atoms with Gasteiger partial charge in [0.05, 0.1) is 15.6 Å². The van der Waals surface area contributed by atoms with Crippen molar-refractivity contribution in [3.63, 3.8) is 0 Å². The molecule has 0 radical (unpaired) electrons. The van der Waals surface area contributed by atoms with Gasteiger partial charge in [-0.2, -0.15) is 0 Å². The van der Waals surface area contributed by atoms with E-state index in [1.54, 1.807) is 18.2 Å². The molecule has 1 aliphatic rings. The minimum atomic E-state index is -0.306. The highest BCUT2D eigenvalue weighted by Crippen LogP contribution is 2.33. The highest BCUT2D eigenvalue weighted by atomic mass is 35.5. The number of anilines is 2. The van der Waals surface area contributed by atoms with E-state index in [0.29, 0.717) is 26.1 Å². The molecule has 0 saturated heterocycles. The number of nitrogens with one attached hydrogen (secondary N) is 1. The first kappa shape index (κ1) is 17.5. The van der Waals surface area contributed by atoms with Crippen molar-refractivity contribution in [2.75, 3.05) is 11.1 Å². The van der Waals surface area contributed by atoms with Crippen molar-refractivity contribution in [2.45, 2.75) is 37.8 Å². The van der Waals surface area contributed by atoms with E-state index in [1.165, 1.54) is 11.3 Å². The van der Waals surface area contributed by atoms with Crippen LogP contribution in [0.2, 0.25) is 10.0 Å². The number of hydrogen-bond donors (Lipinski definition) is 3. The van der Waals surface area contributed by atoms with Crippen molar-refractivity contribution < 1.29 is 4.79 Å². The predicted molar refractivity (Wildman–Crippen MR) is 100 cm³/mol. The number of aromatic nitrogens is 1. The fraction of sp³-hybridized carbons (Fsp3) is 0.375. The number of ketones is 1. The van der Waals surface area contributed by atoms with Crippen LogP contribution in [0.15, 0.2) is 18.2 Å². The molecule has 1 aromatic carbocycles. The van der Waals surface area contributed by atoms with E-state index in [9.17, 15) is 4.79 Å². The van der Waals surface area contributed by atoms with Crippen LogP contribution in [-0.4, -0.2) is 22.9 Å². The molecular weight excluding hydrogens is 367 g/mol. The second-order valence-electron chi connectivity index (χ2n) is 5.92. The first-order valence-electron chi connectivity index (χ1n) is 7.73. The molecular formula is C16H18Cl2N4OS. The molecule has 5 N–H and O–H groups in total. The van der Waals surface area contributed by atoms with Crippen LogP contribution in [0.1, 0.15) is 40.9 Å². The normalized spacial score (nSPS) is 20.8. The van der Waals surface area contributed by atoms with Gasteiger partial charge in [0.1, 0.15) is 10.7 Å². The minimum absolute atomic E-state index is 0.191. The Hall–Kier alpha value is -1.34. The van der Waals surface area contributed by atoms with Gasteiger partial charge in [-0.05, 0) is 37.8 Å². The zero-order valence-corrected chi connectivity index (χ0v) is 15.2. The lowest BCUT2D eigenvalue weighted by Gasteiger charge is -2.26. The van der Waals surface area contributed by atoms with E-state index in [1.807, 2.05) is 0 Å². The quantitative estimate of drug-likeness (QED) is 0.693. The SMILES string of the molecule is Nc1nc(NC2CCC(N)CC2)sc1C(=O)c1c(Cl)cccc1Cl. The van der Waals surface area contributed by atoms with Crippen LogP contribution < -0.4 is 16.8 Å². The van der Waals surface area contributed by atoms with Crippen molar-refractivity contribution in [1.82, 2.24) is 4.98 Å². The number of carbonyl (C=O) groups excluding carboxylic acids is 1. The molecule has 0 amide bonds. The molecule has 8 heteroatoms. The second-order valence-corrected chi connectivity index (χ2v) is 7.73.